The average Bonchev–Trinajstić information content (AvgIpc) is 2.38. The molecule has 0 saturated heterocycles. The minimum absolute atomic E-state index is 0.0801. The van der Waals surface area contributed by atoms with E-state index in [2.05, 4.69) is 10.1 Å². The Morgan fingerprint density at radius 2 is 2.10 bits per heavy atom. The smallest absolute Gasteiger partial charge is 0.411 e. The van der Waals surface area contributed by atoms with E-state index in [-0.39, 0.29) is 25.3 Å². The molecule has 1 rings (SSSR count). The number of nitrogens with two attached hydrogens (primary N) is 1. The highest BCUT2D eigenvalue weighted by molar-refractivity contribution is 5.98. The average molecular weight is 306 g/mol. The molecule has 0 aliphatic heterocycles. The number of carbonyl (C=O) groups excluding carboxylic acids is 1. The molecular formula is C13H17F3N2O3. The Morgan fingerprint density at radius 3 is 2.71 bits per heavy atom. The number of nitrogens with one attached hydrogen (secondary N) is 1. The summed E-state index contributed by atoms with van der Waals surface area (Å²) in [6.45, 7) is 0.473. The summed E-state index contributed by atoms with van der Waals surface area (Å²) in [4.78, 5) is 11.7. The minimum atomic E-state index is -4.36. The molecule has 0 saturated carbocycles. The van der Waals surface area contributed by atoms with Gasteiger partial charge in [0.2, 0.25) is 0 Å². The van der Waals surface area contributed by atoms with Crippen molar-refractivity contribution in [3.05, 3.63) is 23.8 Å². The van der Waals surface area contributed by atoms with E-state index in [0.29, 0.717) is 11.4 Å². The van der Waals surface area contributed by atoms with Crippen molar-refractivity contribution >= 4 is 17.3 Å². The summed E-state index contributed by atoms with van der Waals surface area (Å²) in [5, 5.41) is 2.79. The number of para-hydroxylation sites is 1. The second kappa shape index (κ2) is 7.72. The lowest BCUT2D eigenvalue weighted by Gasteiger charge is -2.14. The van der Waals surface area contributed by atoms with Gasteiger partial charge in [-0.1, -0.05) is 6.07 Å². The molecule has 0 amide bonds. The second-order valence-electron chi connectivity index (χ2n) is 4.08. The van der Waals surface area contributed by atoms with Crippen LogP contribution in [0.25, 0.3) is 0 Å². The summed E-state index contributed by atoms with van der Waals surface area (Å²) in [5.74, 6) is -0.552. The van der Waals surface area contributed by atoms with Crippen molar-refractivity contribution in [2.45, 2.75) is 13.1 Å². The lowest BCUT2D eigenvalue weighted by atomic mass is 10.1. The lowest BCUT2D eigenvalue weighted by molar-refractivity contribution is -0.172. The molecule has 21 heavy (non-hydrogen) atoms. The first kappa shape index (κ1) is 17.1. The van der Waals surface area contributed by atoms with Crippen LogP contribution in [0.1, 0.15) is 17.3 Å². The quantitative estimate of drug-likeness (QED) is 0.460. The topological polar surface area (TPSA) is 73.6 Å². The van der Waals surface area contributed by atoms with Crippen LogP contribution in [0.2, 0.25) is 0 Å². The molecule has 0 fully saturated rings. The first-order valence-corrected chi connectivity index (χ1v) is 6.29. The molecule has 0 spiro atoms. The number of halogens is 3. The van der Waals surface area contributed by atoms with Crippen LogP contribution in [0.15, 0.2) is 18.2 Å². The number of benzene rings is 1. The first-order chi connectivity index (χ1) is 9.85. The van der Waals surface area contributed by atoms with E-state index in [9.17, 15) is 18.0 Å². The standard InChI is InChI=1S/C13H17F3N2O3/c1-2-21-12(19)9-4-3-5-10(17)11(9)18-6-7-20-8-13(14,15)16/h3-5,18H,2,6-8,17H2,1H3. The highest BCUT2D eigenvalue weighted by atomic mass is 19.4. The number of carbonyl (C=O) groups is 1. The molecule has 0 atom stereocenters. The van der Waals surface area contributed by atoms with Crippen molar-refractivity contribution in [1.29, 1.82) is 0 Å². The summed E-state index contributed by atoms with van der Waals surface area (Å²) in [7, 11) is 0. The van der Waals surface area contributed by atoms with Gasteiger partial charge in [0.25, 0.3) is 0 Å². The number of rotatable bonds is 7. The zero-order chi connectivity index (χ0) is 15.9. The van der Waals surface area contributed by atoms with Crippen LogP contribution in [0.5, 0.6) is 0 Å². The Hall–Kier alpha value is -1.96. The van der Waals surface area contributed by atoms with E-state index in [4.69, 9.17) is 10.5 Å². The van der Waals surface area contributed by atoms with E-state index >= 15 is 0 Å². The van der Waals surface area contributed by atoms with Crippen LogP contribution < -0.4 is 11.1 Å². The molecule has 0 unspecified atom stereocenters. The summed E-state index contributed by atoms with van der Waals surface area (Å²) in [6, 6.07) is 4.68. The van der Waals surface area contributed by atoms with Crippen molar-refractivity contribution in [1.82, 2.24) is 0 Å². The maximum atomic E-state index is 11.9. The van der Waals surface area contributed by atoms with E-state index in [1.54, 1.807) is 19.1 Å². The van der Waals surface area contributed by atoms with Crippen LogP contribution in [-0.2, 0) is 9.47 Å². The molecule has 3 N–H and O–H groups in total. The monoisotopic (exact) mass is 306 g/mol. The molecular weight excluding hydrogens is 289 g/mol. The number of hydrogen-bond donors (Lipinski definition) is 2. The summed E-state index contributed by atoms with van der Waals surface area (Å²) >= 11 is 0. The van der Waals surface area contributed by atoms with Gasteiger partial charge in [-0.3, -0.25) is 0 Å². The number of anilines is 2. The second-order valence-corrected chi connectivity index (χ2v) is 4.08. The van der Waals surface area contributed by atoms with Gasteiger partial charge in [0.05, 0.1) is 30.2 Å². The zero-order valence-electron chi connectivity index (χ0n) is 11.5. The fourth-order valence-electron chi connectivity index (χ4n) is 1.58. The van der Waals surface area contributed by atoms with Gasteiger partial charge in [-0.25, -0.2) is 4.79 Å². The van der Waals surface area contributed by atoms with Gasteiger partial charge in [-0.2, -0.15) is 13.2 Å². The van der Waals surface area contributed by atoms with Crippen molar-refractivity contribution < 1.29 is 27.4 Å². The maximum Gasteiger partial charge on any atom is 0.411 e. The largest absolute Gasteiger partial charge is 0.462 e. The van der Waals surface area contributed by atoms with Crippen molar-refractivity contribution in [3.8, 4) is 0 Å². The van der Waals surface area contributed by atoms with E-state index in [1.807, 2.05) is 0 Å². The third kappa shape index (κ3) is 5.90. The lowest BCUT2D eigenvalue weighted by Crippen LogP contribution is -2.21. The van der Waals surface area contributed by atoms with Crippen molar-refractivity contribution in [2.75, 3.05) is 37.4 Å². The zero-order valence-corrected chi connectivity index (χ0v) is 11.5. The molecule has 8 heteroatoms. The molecule has 0 aliphatic rings. The fourth-order valence-corrected chi connectivity index (χ4v) is 1.58. The van der Waals surface area contributed by atoms with Gasteiger partial charge in [0.1, 0.15) is 6.61 Å². The molecule has 0 radical (unpaired) electrons. The van der Waals surface area contributed by atoms with Crippen LogP contribution in [0.3, 0.4) is 0 Å². The number of esters is 1. The molecule has 0 aliphatic carbocycles. The highest BCUT2D eigenvalue weighted by Gasteiger charge is 2.27. The van der Waals surface area contributed by atoms with Gasteiger partial charge in [0, 0.05) is 6.54 Å². The van der Waals surface area contributed by atoms with Crippen LogP contribution in [-0.4, -0.2) is 38.5 Å². The Kier molecular flexibility index (Phi) is 6.29. The number of ether oxygens (including phenoxy) is 2. The number of alkyl halides is 3. The Balaban J connectivity index is 2.60. The predicted octanol–water partition coefficient (Wildman–Crippen LogP) is 2.44. The van der Waals surface area contributed by atoms with Gasteiger partial charge in [-0.15, -0.1) is 0 Å². The Labute approximate surface area is 120 Å². The number of nitrogen functional groups attached to an aromatic ring is 1. The molecule has 5 nitrogen and oxygen atoms in total. The Bertz CT molecular complexity index is 478. The predicted molar refractivity (Wildman–Crippen MR) is 72.2 cm³/mol. The first-order valence-electron chi connectivity index (χ1n) is 6.29. The van der Waals surface area contributed by atoms with Gasteiger partial charge in [0.15, 0.2) is 0 Å². The van der Waals surface area contributed by atoms with Crippen molar-refractivity contribution in [3.63, 3.8) is 0 Å². The SMILES string of the molecule is CCOC(=O)c1cccc(N)c1NCCOCC(F)(F)F. The van der Waals surface area contributed by atoms with E-state index in [1.165, 1.54) is 6.07 Å². The van der Waals surface area contributed by atoms with E-state index in [0.717, 1.165) is 0 Å². The summed E-state index contributed by atoms with van der Waals surface area (Å²) in [5.41, 5.74) is 6.61. The van der Waals surface area contributed by atoms with Crippen LogP contribution in [0, 0.1) is 0 Å². The summed E-state index contributed by atoms with van der Waals surface area (Å²) in [6.07, 6.45) is -4.36. The molecule has 118 valence electrons. The maximum absolute atomic E-state index is 11.9. The van der Waals surface area contributed by atoms with Gasteiger partial charge >= 0.3 is 12.1 Å². The molecule has 0 bridgehead atoms. The third-order valence-electron chi connectivity index (χ3n) is 2.41. The molecule has 0 aromatic heterocycles. The summed E-state index contributed by atoms with van der Waals surface area (Å²) < 4.78 is 45.0. The fraction of sp³-hybridized carbons (Fsp3) is 0.462. The molecule has 1 aromatic rings. The minimum Gasteiger partial charge on any atom is -0.462 e. The number of hydrogen-bond acceptors (Lipinski definition) is 5. The van der Waals surface area contributed by atoms with E-state index < -0.39 is 18.8 Å². The molecule has 1 aromatic carbocycles. The van der Waals surface area contributed by atoms with Gasteiger partial charge in [-0.05, 0) is 19.1 Å². The molecule has 0 heterocycles. The van der Waals surface area contributed by atoms with Gasteiger partial charge < -0.3 is 20.5 Å². The third-order valence-corrected chi connectivity index (χ3v) is 2.41. The van der Waals surface area contributed by atoms with Crippen LogP contribution >= 0.6 is 0 Å². The van der Waals surface area contributed by atoms with Crippen LogP contribution in [0.4, 0.5) is 24.5 Å². The highest BCUT2D eigenvalue weighted by Crippen LogP contribution is 2.24. The Morgan fingerprint density at radius 1 is 1.38 bits per heavy atom. The van der Waals surface area contributed by atoms with Crippen molar-refractivity contribution in [2.24, 2.45) is 0 Å². The normalized spacial score (nSPS) is 11.2.